The molecule has 3 aromatic rings. The predicted molar refractivity (Wildman–Crippen MR) is 174 cm³/mol. The van der Waals surface area contributed by atoms with Gasteiger partial charge in [0.15, 0.2) is 0 Å². The number of carboxylic acid groups (broad SMARTS) is 1. The fourth-order valence-corrected chi connectivity index (χ4v) is 8.27. The fourth-order valence-electron chi connectivity index (χ4n) is 8.27. The molecule has 9 nitrogen and oxygen atoms in total. The number of rotatable bonds is 12. The van der Waals surface area contributed by atoms with Crippen LogP contribution in [-0.2, 0) is 25.5 Å². The molecule has 0 spiro atoms. The lowest BCUT2D eigenvalue weighted by Gasteiger charge is -2.53. The normalized spacial score (nSPS) is 24.8. The number of alkyl carbamates (subject to hydrolysis) is 1. The summed E-state index contributed by atoms with van der Waals surface area (Å²) in [5.41, 5.74) is 0.297. The molecule has 4 aliphatic carbocycles. The molecule has 4 saturated carbocycles. The Morgan fingerprint density at radius 1 is 0.848 bits per heavy atom. The maximum Gasteiger partial charge on any atom is 0.408 e. The molecule has 0 aromatic heterocycles. The number of ether oxygens (including phenoxy) is 1. The van der Waals surface area contributed by atoms with Gasteiger partial charge in [0.05, 0.1) is 12.5 Å². The van der Waals surface area contributed by atoms with E-state index in [-0.39, 0.29) is 31.9 Å². The number of aliphatic carboxylic acids is 1. The minimum atomic E-state index is -1.37. The first-order chi connectivity index (χ1) is 22.2. The summed E-state index contributed by atoms with van der Waals surface area (Å²) in [4.78, 5) is 51.4. The quantitative estimate of drug-likeness (QED) is 0.209. The van der Waals surface area contributed by atoms with Crippen molar-refractivity contribution in [3.63, 3.8) is 0 Å². The van der Waals surface area contributed by atoms with Crippen molar-refractivity contribution in [3.05, 3.63) is 83.9 Å². The number of carbonyl (C=O) groups is 4. The number of benzene rings is 3. The third-order valence-corrected chi connectivity index (χ3v) is 10.3. The van der Waals surface area contributed by atoms with E-state index in [1.54, 1.807) is 6.92 Å². The maximum atomic E-state index is 14.1. The van der Waals surface area contributed by atoms with Crippen LogP contribution in [0.2, 0.25) is 0 Å². The van der Waals surface area contributed by atoms with Crippen molar-refractivity contribution in [1.29, 1.82) is 0 Å². The van der Waals surface area contributed by atoms with Gasteiger partial charge in [0.25, 0.3) is 0 Å². The molecule has 4 aliphatic rings. The second kappa shape index (κ2) is 13.5. The van der Waals surface area contributed by atoms with E-state index in [4.69, 9.17) is 9.84 Å². The molecule has 3 aromatic carbocycles. The van der Waals surface area contributed by atoms with Crippen LogP contribution in [0, 0.1) is 23.7 Å². The Balaban J connectivity index is 1.21. The standard InChI is InChI=1S/C37H43N3O6/c1-37(21-27-12-7-11-25-8-5-6-13-30(25)27,40-36(45)46-34-28-17-23-16-24(19-28)20-29(34)18-23)35(44)38-22-31(26-9-3-2-4-10-26)39-32(41)14-15-33(42)43/h2-13,23-24,28-29,31,34H,14-22H2,1H3,(H,38,44)(H,39,41)(H,40,45)(H,42,43)/t23?,24?,28?,29?,31-,34?,37?/m0/s1. The van der Waals surface area contributed by atoms with Gasteiger partial charge in [-0.1, -0.05) is 72.8 Å². The average molecular weight is 626 g/mol. The first-order valence-electron chi connectivity index (χ1n) is 16.5. The highest BCUT2D eigenvalue weighted by atomic mass is 16.6. The highest BCUT2D eigenvalue weighted by molar-refractivity contribution is 5.92. The van der Waals surface area contributed by atoms with Crippen LogP contribution in [0.25, 0.3) is 10.8 Å². The highest BCUT2D eigenvalue weighted by Crippen LogP contribution is 2.54. The molecular formula is C37H43N3O6. The van der Waals surface area contributed by atoms with Crippen molar-refractivity contribution >= 4 is 34.6 Å². The zero-order valence-corrected chi connectivity index (χ0v) is 26.2. The predicted octanol–water partition coefficient (Wildman–Crippen LogP) is 5.53. The van der Waals surface area contributed by atoms with Gasteiger partial charge in [-0.3, -0.25) is 14.4 Å². The minimum absolute atomic E-state index is 0.0407. The van der Waals surface area contributed by atoms with Gasteiger partial charge in [-0.15, -0.1) is 0 Å². The van der Waals surface area contributed by atoms with Gasteiger partial charge in [-0.05, 0) is 84.6 Å². The molecule has 242 valence electrons. The first-order valence-corrected chi connectivity index (χ1v) is 16.5. The molecule has 7 rings (SSSR count). The highest BCUT2D eigenvalue weighted by Gasteiger charge is 2.50. The summed E-state index contributed by atoms with van der Waals surface area (Å²) >= 11 is 0. The number of carboxylic acids is 1. The Morgan fingerprint density at radius 2 is 1.50 bits per heavy atom. The Kier molecular flexibility index (Phi) is 9.29. The number of hydrogen-bond acceptors (Lipinski definition) is 5. The molecule has 4 fully saturated rings. The first kappa shape index (κ1) is 31.6. The van der Waals surface area contributed by atoms with Crippen molar-refractivity contribution in [1.82, 2.24) is 16.0 Å². The van der Waals surface area contributed by atoms with Crippen LogP contribution in [0.15, 0.2) is 72.8 Å². The Labute approximate surface area is 269 Å². The van der Waals surface area contributed by atoms with Crippen LogP contribution in [0.5, 0.6) is 0 Å². The van der Waals surface area contributed by atoms with E-state index < -0.39 is 35.5 Å². The molecule has 0 heterocycles. The molecule has 0 radical (unpaired) electrons. The van der Waals surface area contributed by atoms with Crippen LogP contribution >= 0.6 is 0 Å². The Morgan fingerprint density at radius 3 is 2.20 bits per heavy atom. The second-order valence-corrected chi connectivity index (χ2v) is 13.7. The Bertz CT molecular complexity index is 1560. The molecule has 0 saturated heterocycles. The van der Waals surface area contributed by atoms with Crippen LogP contribution in [0.3, 0.4) is 0 Å². The topological polar surface area (TPSA) is 134 Å². The zero-order valence-electron chi connectivity index (χ0n) is 26.2. The van der Waals surface area contributed by atoms with Gasteiger partial charge < -0.3 is 25.8 Å². The smallest absolute Gasteiger partial charge is 0.408 e. The summed E-state index contributed by atoms with van der Waals surface area (Å²) in [6, 6.07) is 22.5. The van der Waals surface area contributed by atoms with Gasteiger partial charge >= 0.3 is 12.1 Å². The largest absolute Gasteiger partial charge is 0.481 e. The van der Waals surface area contributed by atoms with Crippen LogP contribution in [-0.4, -0.2) is 47.2 Å². The van der Waals surface area contributed by atoms with Gasteiger partial charge in [0.2, 0.25) is 11.8 Å². The van der Waals surface area contributed by atoms with Gasteiger partial charge in [0.1, 0.15) is 11.6 Å². The summed E-state index contributed by atoms with van der Waals surface area (Å²) in [6.07, 6.45) is 4.78. The molecule has 9 heteroatoms. The molecule has 46 heavy (non-hydrogen) atoms. The number of nitrogens with one attached hydrogen (secondary N) is 3. The fraction of sp³-hybridized carbons (Fsp3) is 0.459. The number of amides is 3. The van der Waals surface area contributed by atoms with E-state index in [1.807, 2.05) is 72.8 Å². The second-order valence-electron chi connectivity index (χ2n) is 13.7. The summed E-state index contributed by atoms with van der Waals surface area (Å²) in [5, 5.41) is 19.9. The van der Waals surface area contributed by atoms with Gasteiger partial charge in [-0.25, -0.2) is 4.79 Å². The van der Waals surface area contributed by atoms with Crippen molar-refractivity contribution in [2.24, 2.45) is 23.7 Å². The third kappa shape index (κ3) is 7.19. The lowest BCUT2D eigenvalue weighted by atomic mass is 9.55. The third-order valence-electron chi connectivity index (χ3n) is 10.3. The van der Waals surface area contributed by atoms with Crippen LogP contribution in [0.4, 0.5) is 4.79 Å². The van der Waals surface area contributed by atoms with Crippen molar-refractivity contribution in [3.8, 4) is 0 Å². The van der Waals surface area contributed by atoms with E-state index in [0.717, 1.165) is 59.4 Å². The lowest BCUT2D eigenvalue weighted by molar-refractivity contribution is -0.138. The number of carbonyl (C=O) groups excluding carboxylic acids is 3. The number of fused-ring (bicyclic) bond motifs is 1. The van der Waals surface area contributed by atoms with E-state index in [9.17, 15) is 19.2 Å². The lowest BCUT2D eigenvalue weighted by Crippen LogP contribution is -2.60. The van der Waals surface area contributed by atoms with Crippen molar-refractivity contribution < 1.29 is 29.0 Å². The zero-order chi connectivity index (χ0) is 32.3. The monoisotopic (exact) mass is 625 g/mol. The Hall–Kier alpha value is -4.40. The summed E-state index contributed by atoms with van der Waals surface area (Å²) in [6.45, 7) is 1.75. The van der Waals surface area contributed by atoms with Gasteiger partial charge in [-0.2, -0.15) is 0 Å². The molecular weight excluding hydrogens is 582 g/mol. The molecule has 4 bridgehead atoms. The SMILES string of the molecule is CC(Cc1cccc2ccccc12)(NC(=O)OC1C2CC3CC(C2)CC1C3)C(=O)NC[C@H](NC(=O)CCC(=O)O)c1ccccc1. The maximum absolute atomic E-state index is 14.1. The van der Waals surface area contributed by atoms with E-state index >= 15 is 0 Å². The molecule has 0 aliphatic heterocycles. The molecule has 4 N–H and O–H groups in total. The number of hydrogen-bond donors (Lipinski definition) is 4. The van der Waals surface area contributed by atoms with E-state index in [0.29, 0.717) is 11.8 Å². The summed E-state index contributed by atoms with van der Waals surface area (Å²) in [5.74, 6) is 0.359. The van der Waals surface area contributed by atoms with E-state index in [1.165, 1.54) is 6.42 Å². The van der Waals surface area contributed by atoms with Gasteiger partial charge in [0, 0.05) is 19.4 Å². The van der Waals surface area contributed by atoms with Crippen LogP contribution in [0.1, 0.15) is 69.0 Å². The molecule has 3 amide bonds. The summed E-state index contributed by atoms with van der Waals surface area (Å²) in [7, 11) is 0. The van der Waals surface area contributed by atoms with E-state index in [2.05, 4.69) is 16.0 Å². The molecule has 2 atom stereocenters. The van der Waals surface area contributed by atoms with Crippen molar-refractivity contribution in [2.75, 3.05) is 6.54 Å². The minimum Gasteiger partial charge on any atom is -0.481 e. The van der Waals surface area contributed by atoms with Crippen molar-refractivity contribution in [2.45, 2.75) is 76.0 Å². The average Bonchev–Trinajstić information content (AvgIpc) is 3.03. The van der Waals surface area contributed by atoms with Crippen LogP contribution < -0.4 is 16.0 Å². The summed E-state index contributed by atoms with van der Waals surface area (Å²) < 4.78 is 6.16. The molecule has 1 unspecified atom stereocenters.